The number of aromatic nitrogens is 2. The Morgan fingerprint density at radius 2 is 1.89 bits per heavy atom. The van der Waals surface area contributed by atoms with Crippen LogP contribution in [0.3, 0.4) is 0 Å². The van der Waals surface area contributed by atoms with Crippen LogP contribution in [0, 0.1) is 0 Å². The number of hydrogen-bond donors (Lipinski definition) is 1. The summed E-state index contributed by atoms with van der Waals surface area (Å²) in [4.78, 5) is 17.3. The van der Waals surface area contributed by atoms with Crippen molar-refractivity contribution in [1.29, 1.82) is 0 Å². The minimum Gasteiger partial charge on any atom is -0.311 e. The lowest BCUT2D eigenvalue weighted by Gasteiger charge is -2.31. The van der Waals surface area contributed by atoms with E-state index in [9.17, 15) is 4.79 Å². The molecule has 144 valence electrons. The van der Waals surface area contributed by atoms with Crippen molar-refractivity contribution in [3.05, 3.63) is 59.1 Å². The lowest BCUT2D eigenvalue weighted by Crippen LogP contribution is -2.33. The summed E-state index contributed by atoms with van der Waals surface area (Å²) in [6.45, 7) is 2.14. The number of nitrogens with zero attached hydrogens (tertiary/aromatic N) is 3. The maximum absolute atomic E-state index is 12.5. The lowest BCUT2D eigenvalue weighted by atomic mass is 9.92. The van der Waals surface area contributed by atoms with Gasteiger partial charge >= 0.3 is 0 Å². The number of thiophene rings is 1. The molecule has 2 aliphatic heterocycles. The van der Waals surface area contributed by atoms with E-state index in [0.717, 1.165) is 37.3 Å². The van der Waals surface area contributed by atoms with E-state index in [0.29, 0.717) is 12.5 Å². The first-order valence-corrected chi connectivity index (χ1v) is 10.7. The molecule has 0 radical (unpaired) electrons. The maximum atomic E-state index is 12.5. The second kappa shape index (κ2) is 7.18. The van der Waals surface area contributed by atoms with E-state index >= 15 is 0 Å². The molecule has 1 fully saturated rings. The summed E-state index contributed by atoms with van der Waals surface area (Å²) in [6.07, 6.45) is 4.60. The summed E-state index contributed by atoms with van der Waals surface area (Å²) in [5.74, 6) is 1.08. The first-order chi connectivity index (χ1) is 13.7. The molecule has 0 bridgehead atoms. The van der Waals surface area contributed by atoms with E-state index in [2.05, 4.69) is 58.3 Å². The van der Waals surface area contributed by atoms with Crippen LogP contribution in [0.4, 0.5) is 5.82 Å². The molecular formula is C22H24N4OS. The van der Waals surface area contributed by atoms with Gasteiger partial charge in [0.05, 0.1) is 12.2 Å². The zero-order valence-electron chi connectivity index (χ0n) is 16.0. The smallest absolute Gasteiger partial charge is 0.226 e. The van der Waals surface area contributed by atoms with Gasteiger partial charge in [-0.2, -0.15) is 5.10 Å². The fourth-order valence-corrected chi connectivity index (χ4v) is 5.44. The summed E-state index contributed by atoms with van der Waals surface area (Å²) >= 11 is 1.78. The molecule has 1 atom stereocenters. The van der Waals surface area contributed by atoms with E-state index in [4.69, 9.17) is 5.10 Å². The largest absolute Gasteiger partial charge is 0.311 e. The van der Waals surface area contributed by atoms with Gasteiger partial charge in [-0.1, -0.05) is 30.3 Å². The molecule has 1 saturated heterocycles. The van der Waals surface area contributed by atoms with Crippen molar-refractivity contribution in [1.82, 2.24) is 14.7 Å². The van der Waals surface area contributed by atoms with Crippen molar-refractivity contribution in [2.45, 2.75) is 31.2 Å². The first kappa shape index (κ1) is 17.6. The van der Waals surface area contributed by atoms with Gasteiger partial charge in [-0.3, -0.25) is 4.79 Å². The first-order valence-electron chi connectivity index (χ1n) is 9.90. The van der Waals surface area contributed by atoms with E-state index in [1.54, 1.807) is 11.3 Å². The van der Waals surface area contributed by atoms with Crippen LogP contribution >= 0.6 is 11.3 Å². The Labute approximate surface area is 169 Å². The molecule has 5 nitrogen and oxygen atoms in total. The topological polar surface area (TPSA) is 50.2 Å². The molecular weight excluding hydrogens is 368 g/mol. The highest BCUT2D eigenvalue weighted by Gasteiger charge is 2.33. The third-order valence-electron chi connectivity index (χ3n) is 5.91. The highest BCUT2D eigenvalue weighted by molar-refractivity contribution is 7.15. The Balaban J connectivity index is 1.47. The zero-order chi connectivity index (χ0) is 19.1. The van der Waals surface area contributed by atoms with Crippen molar-refractivity contribution in [2.24, 2.45) is 0 Å². The molecule has 1 aromatic carbocycles. The van der Waals surface area contributed by atoms with Crippen LogP contribution in [0.2, 0.25) is 0 Å². The minimum absolute atomic E-state index is 0.0850. The van der Waals surface area contributed by atoms with Gasteiger partial charge in [0.2, 0.25) is 5.91 Å². The second-order valence-electron chi connectivity index (χ2n) is 7.80. The number of hydrogen-bond acceptors (Lipinski definition) is 4. The van der Waals surface area contributed by atoms with Crippen LogP contribution in [0.25, 0.3) is 10.4 Å². The number of benzene rings is 1. The fraction of sp³-hybridized carbons (Fsp3) is 0.364. The molecule has 1 N–H and O–H groups in total. The predicted molar refractivity (Wildman–Crippen MR) is 113 cm³/mol. The van der Waals surface area contributed by atoms with Crippen molar-refractivity contribution < 1.29 is 4.79 Å². The third-order valence-corrected chi connectivity index (χ3v) is 7.16. The summed E-state index contributed by atoms with van der Waals surface area (Å²) in [6, 6.07) is 15.1. The number of rotatable bonds is 3. The van der Waals surface area contributed by atoms with Crippen molar-refractivity contribution in [3.63, 3.8) is 0 Å². The van der Waals surface area contributed by atoms with Gasteiger partial charge in [-0.25, -0.2) is 4.68 Å². The SMILES string of the molecule is CN1CCC(n2ncc3c2NC(=O)CC3c2ccc(-c3ccccc3)s2)CC1. The van der Waals surface area contributed by atoms with Crippen molar-refractivity contribution >= 4 is 23.1 Å². The zero-order valence-corrected chi connectivity index (χ0v) is 16.8. The third kappa shape index (κ3) is 3.16. The van der Waals surface area contributed by atoms with E-state index in [1.165, 1.54) is 15.3 Å². The number of carbonyl (C=O) groups excluding carboxylic acids is 1. The molecule has 0 aliphatic carbocycles. The van der Waals surface area contributed by atoms with Crippen LogP contribution in [0.1, 0.15) is 41.7 Å². The highest BCUT2D eigenvalue weighted by atomic mass is 32.1. The Hall–Kier alpha value is -2.44. The Morgan fingerprint density at radius 1 is 1.11 bits per heavy atom. The molecule has 28 heavy (non-hydrogen) atoms. The second-order valence-corrected chi connectivity index (χ2v) is 8.92. The highest BCUT2D eigenvalue weighted by Crippen LogP contribution is 2.43. The molecule has 1 amide bonds. The van der Waals surface area contributed by atoms with E-state index in [1.807, 2.05) is 12.3 Å². The minimum atomic E-state index is 0.0850. The standard InChI is InChI=1S/C22H24N4OS/c1-25-11-9-16(10-12-25)26-22-18(14-23-26)17(13-21(27)24-22)20-8-7-19(28-20)15-5-3-2-4-6-15/h2-8,14,16-17H,9-13H2,1H3,(H,24,27). The van der Waals surface area contributed by atoms with Gasteiger partial charge in [0.1, 0.15) is 5.82 Å². The van der Waals surface area contributed by atoms with Crippen LogP contribution in [-0.2, 0) is 4.79 Å². The average Bonchev–Trinajstić information content (AvgIpc) is 3.36. The Bertz CT molecular complexity index is 985. The van der Waals surface area contributed by atoms with Gasteiger partial charge in [0, 0.05) is 27.7 Å². The quantitative estimate of drug-likeness (QED) is 0.721. The van der Waals surface area contributed by atoms with Gasteiger partial charge in [-0.05, 0) is 50.7 Å². The summed E-state index contributed by atoms with van der Waals surface area (Å²) in [5.41, 5.74) is 2.38. The van der Waals surface area contributed by atoms with E-state index in [-0.39, 0.29) is 11.8 Å². The molecule has 1 unspecified atom stereocenters. The van der Waals surface area contributed by atoms with Gasteiger partial charge in [0.25, 0.3) is 0 Å². The molecule has 0 saturated carbocycles. The number of carbonyl (C=O) groups is 1. The van der Waals surface area contributed by atoms with Crippen LogP contribution in [-0.4, -0.2) is 40.7 Å². The Kier molecular flexibility index (Phi) is 4.53. The van der Waals surface area contributed by atoms with Gasteiger partial charge < -0.3 is 10.2 Å². The summed E-state index contributed by atoms with van der Waals surface area (Å²) in [5, 5.41) is 7.82. The lowest BCUT2D eigenvalue weighted by molar-refractivity contribution is -0.116. The van der Waals surface area contributed by atoms with Gasteiger partial charge in [-0.15, -0.1) is 11.3 Å². The number of likely N-dealkylation sites (tertiary alicyclic amines) is 1. The number of fused-ring (bicyclic) bond motifs is 1. The van der Waals surface area contributed by atoms with Crippen LogP contribution in [0.15, 0.2) is 48.7 Å². The summed E-state index contributed by atoms with van der Waals surface area (Å²) < 4.78 is 2.07. The predicted octanol–water partition coefficient (Wildman–Crippen LogP) is 4.35. The van der Waals surface area contributed by atoms with Crippen LogP contribution in [0.5, 0.6) is 0 Å². The van der Waals surface area contributed by atoms with Crippen LogP contribution < -0.4 is 5.32 Å². The molecule has 3 aromatic rings. The van der Waals surface area contributed by atoms with Gasteiger partial charge in [0.15, 0.2) is 0 Å². The number of anilines is 1. The number of piperidine rings is 1. The maximum Gasteiger partial charge on any atom is 0.226 e. The molecule has 2 aliphatic rings. The normalized spacial score (nSPS) is 20.8. The molecule has 5 rings (SSSR count). The van der Waals surface area contributed by atoms with Crippen molar-refractivity contribution in [3.8, 4) is 10.4 Å². The number of nitrogens with one attached hydrogen (secondary N) is 1. The number of amides is 1. The fourth-order valence-electron chi connectivity index (χ4n) is 4.31. The monoisotopic (exact) mass is 392 g/mol. The van der Waals surface area contributed by atoms with E-state index < -0.39 is 0 Å². The average molecular weight is 393 g/mol. The molecule has 0 spiro atoms. The molecule has 4 heterocycles. The van der Waals surface area contributed by atoms with Crippen molar-refractivity contribution in [2.75, 3.05) is 25.5 Å². The molecule has 2 aromatic heterocycles. The Morgan fingerprint density at radius 3 is 2.68 bits per heavy atom. The molecule has 6 heteroatoms. The summed E-state index contributed by atoms with van der Waals surface area (Å²) in [7, 11) is 2.16.